The summed E-state index contributed by atoms with van der Waals surface area (Å²) in [5.41, 5.74) is 7.11. The molecule has 3 aromatic rings. The maximum atomic E-state index is 13.2. The smallest absolute Gasteiger partial charge is 0.318 e. The lowest BCUT2D eigenvalue weighted by molar-refractivity contribution is -0.122. The number of aromatic nitrogens is 1. The van der Waals surface area contributed by atoms with Crippen LogP contribution in [-0.4, -0.2) is 22.4 Å². The number of imide groups is 2. The second-order valence-corrected chi connectivity index (χ2v) is 8.20. The van der Waals surface area contributed by atoms with Gasteiger partial charge >= 0.3 is 6.03 Å². The van der Waals surface area contributed by atoms with Crippen LogP contribution in [0.4, 0.5) is 10.5 Å². The van der Waals surface area contributed by atoms with Gasteiger partial charge in [0.15, 0.2) is 0 Å². The van der Waals surface area contributed by atoms with Crippen molar-refractivity contribution >= 4 is 29.6 Å². The maximum absolute atomic E-state index is 13.2. The Morgan fingerprint density at radius 3 is 2.22 bits per heavy atom. The summed E-state index contributed by atoms with van der Waals surface area (Å²) in [4.78, 5) is 39.4. The summed E-state index contributed by atoms with van der Waals surface area (Å²) in [7, 11) is 0. The molecule has 2 aromatic carbocycles. The Morgan fingerprint density at radius 1 is 0.812 bits per heavy atom. The first kappa shape index (κ1) is 21.3. The molecule has 0 radical (unpaired) electrons. The van der Waals surface area contributed by atoms with Crippen molar-refractivity contribution in [3.05, 3.63) is 87.7 Å². The molecule has 0 unspecified atom stereocenters. The minimum atomic E-state index is -0.743. The van der Waals surface area contributed by atoms with Crippen molar-refractivity contribution in [1.29, 1.82) is 0 Å². The third-order valence-corrected chi connectivity index (χ3v) is 5.83. The van der Waals surface area contributed by atoms with Gasteiger partial charge in [-0.05, 0) is 81.1 Å². The van der Waals surface area contributed by atoms with Crippen molar-refractivity contribution in [2.75, 3.05) is 4.90 Å². The van der Waals surface area contributed by atoms with Crippen molar-refractivity contribution in [3.63, 3.8) is 0 Å². The van der Waals surface area contributed by atoms with Gasteiger partial charge in [0, 0.05) is 17.1 Å². The average molecular weight is 428 g/mol. The number of hydrogen-bond acceptors (Lipinski definition) is 3. The van der Waals surface area contributed by atoms with Crippen molar-refractivity contribution in [2.24, 2.45) is 0 Å². The van der Waals surface area contributed by atoms with E-state index in [1.807, 2.05) is 45.9 Å². The van der Waals surface area contributed by atoms with E-state index in [4.69, 9.17) is 0 Å². The molecule has 0 bridgehead atoms. The van der Waals surface area contributed by atoms with Gasteiger partial charge in [0.25, 0.3) is 11.8 Å². The second kappa shape index (κ2) is 7.96. The van der Waals surface area contributed by atoms with Gasteiger partial charge in [-0.1, -0.05) is 30.3 Å². The summed E-state index contributed by atoms with van der Waals surface area (Å²) in [6.45, 7) is 9.85. The third kappa shape index (κ3) is 3.54. The van der Waals surface area contributed by atoms with Gasteiger partial charge in [-0.2, -0.15) is 0 Å². The highest BCUT2D eigenvalue weighted by atomic mass is 16.2. The maximum Gasteiger partial charge on any atom is 0.335 e. The highest BCUT2D eigenvalue weighted by molar-refractivity contribution is 6.39. The van der Waals surface area contributed by atoms with Crippen LogP contribution in [0.3, 0.4) is 0 Å². The molecule has 2 heterocycles. The highest BCUT2D eigenvalue weighted by Crippen LogP contribution is 2.28. The molecule has 6 nitrogen and oxygen atoms in total. The summed E-state index contributed by atoms with van der Waals surface area (Å²) in [6.07, 6.45) is 1.57. The fraction of sp³-hybridized carbons (Fsp3) is 0.192. The summed E-state index contributed by atoms with van der Waals surface area (Å²) in [6, 6.07) is 14.5. The molecule has 1 aliphatic rings. The summed E-state index contributed by atoms with van der Waals surface area (Å²) in [5.74, 6) is -1.33. The van der Waals surface area contributed by atoms with Crippen molar-refractivity contribution in [3.8, 4) is 5.69 Å². The van der Waals surface area contributed by atoms with Gasteiger partial charge in [-0.3, -0.25) is 14.9 Å². The van der Waals surface area contributed by atoms with Gasteiger partial charge < -0.3 is 4.57 Å². The standard InChI is InChI=1S/C26H25N3O3/c1-15-10-11-17(3)23(12-15)28-18(4)13-20(19(28)5)14-21-24(30)27-26(32)29(25(21)31)22-9-7-6-8-16(22)2/h6-14H,1-5H3,(H,27,30,32)/b21-14+. The number of para-hydroxylation sites is 1. The van der Waals surface area contributed by atoms with Crippen molar-refractivity contribution < 1.29 is 14.4 Å². The molecule has 1 N–H and O–H groups in total. The van der Waals surface area contributed by atoms with Crippen LogP contribution in [0.1, 0.15) is 33.6 Å². The predicted octanol–water partition coefficient (Wildman–Crippen LogP) is 4.69. The van der Waals surface area contributed by atoms with E-state index in [-0.39, 0.29) is 5.57 Å². The molecule has 0 atom stereocenters. The molecular formula is C26H25N3O3. The highest BCUT2D eigenvalue weighted by Gasteiger charge is 2.37. The van der Waals surface area contributed by atoms with Crippen LogP contribution in [-0.2, 0) is 9.59 Å². The zero-order valence-electron chi connectivity index (χ0n) is 18.8. The first-order chi connectivity index (χ1) is 15.2. The molecule has 1 aromatic heterocycles. The van der Waals surface area contributed by atoms with E-state index in [0.717, 1.165) is 44.2 Å². The van der Waals surface area contributed by atoms with Crippen LogP contribution in [0.25, 0.3) is 11.8 Å². The Labute approximate surface area is 187 Å². The molecular weight excluding hydrogens is 402 g/mol. The first-order valence-corrected chi connectivity index (χ1v) is 10.4. The minimum absolute atomic E-state index is 0.0749. The Bertz CT molecular complexity index is 1310. The molecule has 0 saturated carbocycles. The van der Waals surface area contributed by atoms with E-state index in [1.54, 1.807) is 18.2 Å². The average Bonchev–Trinajstić information content (AvgIpc) is 3.01. The second-order valence-electron chi connectivity index (χ2n) is 8.20. The number of barbiturate groups is 1. The Morgan fingerprint density at radius 2 is 1.50 bits per heavy atom. The number of urea groups is 1. The van der Waals surface area contributed by atoms with Crippen molar-refractivity contribution in [2.45, 2.75) is 34.6 Å². The number of carbonyl (C=O) groups excluding carboxylic acids is 3. The van der Waals surface area contributed by atoms with Crippen LogP contribution < -0.4 is 10.2 Å². The van der Waals surface area contributed by atoms with Gasteiger partial charge in [0.2, 0.25) is 0 Å². The van der Waals surface area contributed by atoms with Crippen LogP contribution in [0.5, 0.6) is 0 Å². The quantitative estimate of drug-likeness (QED) is 0.487. The molecule has 4 amide bonds. The normalized spacial score (nSPS) is 15.5. The Balaban J connectivity index is 1.81. The SMILES string of the molecule is Cc1ccc(C)c(-n2c(C)cc(/C=C3\C(=O)NC(=O)N(c4ccccc4C)C3=O)c2C)c1. The third-order valence-electron chi connectivity index (χ3n) is 5.83. The number of benzene rings is 2. The molecule has 32 heavy (non-hydrogen) atoms. The molecule has 0 aliphatic carbocycles. The van der Waals surface area contributed by atoms with Crippen molar-refractivity contribution in [1.82, 2.24) is 9.88 Å². The molecule has 0 spiro atoms. The fourth-order valence-electron chi connectivity index (χ4n) is 4.11. The minimum Gasteiger partial charge on any atom is -0.318 e. The zero-order chi connectivity index (χ0) is 23.2. The first-order valence-electron chi connectivity index (χ1n) is 10.4. The van der Waals surface area contributed by atoms with Gasteiger partial charge in [-0.15, -0.1) is 0 Å². The molecule has 1 aliphatic heterocycles. The van der Waals surface area contributed by atoms with Gasteiger partial charge in [-0.25, -0.2) is 9.69 Å². The number of nitrogens with zero attached hydrogens (tertiary/aromatic N) is 2. The van der Waals surface area contributed by atoms with Crippen LogP contribution in [0.15, 0.2) is 54.1 Å². The number of nitrogens with one attached hydrogen (secondary N) is 1. The van der Waals surface area contributed by atoms with E-state index < -0.39 is 17.8 Å². The molecule has 1 saturated heterocycles. The topological polar surface area (TPSA) is 71.4 Å². The predicted molar refractivity (Wildman–Crippen MR) is 125 cm³/mol. The van der Waals surface area contributed by atoms with Crippen LogP contribution >= 0.6 is 0 Å². The number of rotatable bonds is 3. The fourth-order valence-corrected chi connectivity index (χ4v) is 4.11. The van der Waals surface area contributed by atoms with E-state index in [1.165, 1.54) is 0 Å². The number of anilines is 1. The monoisotopic (exact) mass is 427 g/mol. The Kier molecular flexibility index (Phi) is 5.30. The molecule has 1 fully saturated rings. The largest absolute Gasteiger partial charge is 0.335 e. The lowest BCUT2D eigenvalue weighted by atomic mass is 10.1. The van der Waals surface area contributed by atoms with E-state index in [0.29, 0.717) is 5.69 Å². The lowest BCUT2D eigenvalue weighted by Gasteiger charge is -2.27. The van der Waals surface area contributed by atoms with Gasteiger partial charge in [0.05, 0.1) is 5.69 Å². The van der Waals surface area contributed by atoms with E-state index >= 15 is 0 Å². The molecule has 6 heteroatoms. The Hall–Kier alpha value is -3.93. The summed E-state index contributed by atoms with van der Waals surface area (Å²) >= 11 is 0. The van der Waals surface area contributed by atoms with Crippen LogP contribution in [0, 0.1) is 34.6 Å². The number of aryl methyl sites for hydroxylation is 4. The summed E-state index contributed by atoms with van der Waals surface area (Å²) in [5, 5.41) is 2.30. The van der Waals surface area contributed by atoms with E-state index in [2.05, 4.69) is 35.0 Å². The molecule has 4 rings (SSSR count). The summed E-state index contributed by atoms with van der Waals surface area (Å²) < 4.78 is 2.12. The molecule has 162 valence electrons. The lowest BCUT2D eigenvalue weighted by Crippen LogP contribution is -2.54. The zero-order valence-corrected chi connectivity index (χ0v) is 18.8. The van der Waals surface area contributed by atoms with E-state index in [9.17, 15) is 14.4 Å². The number of hydrogen-bond donors (Lipinski definition) is 1. The van der Waals surface area contributed by atoms with Crippen LogP contribution in [0.2, 0.25) is 0 Å². The van der Waals surface area contributed by atoms with Gasteiger partial charge in [0.1, 0.15) is 5.57 Å². The number of carbonyl (C=O) groups is 3. The number of amides is 4.